The lowest BCUT2D eigenvalue weighted by Gasteiger charge is -2.09. The summed E-state index contributed by atoms with van der Waals surface area (Å²) in [5.41, 5.74) is 1.86. The Labute approximate surface area is 112 Å². The van der Waals surface area contributed by atoms with Crippen LogP contribution in [0.1, 0.15) is 29.4 Å². The lowest BCUT2D eigenvalue weighted by Crippen LogP contribution is -2.05. The van der Waals surface area contributed by atoms with Crippen molar-refractivity contribution < 1.29 is 4.74 Å². The van der Waals surface area contributed by atoms with E-state index in [1.807, 2.05) is 44.2 Å². The molecule has 18 heavy (non-hydrogen) atoms. The van der Waals surface area contributed by atoms with Gasteiger partial charge < -0.3 is 4.74 Å². The average Bonchev–Trinajstić information content (AvgIpc) is 2.37. The zero-order chi connectivity index (χ0) is 13.0. The number of aromatic nitrogens is 2. The van der Waals surface area contributed by atoms with Gasteiger partial charge in [0.15, 0.2) is 5.82 Å². The van der Waals surface area contributed by atoms with Crippen LogP contribution in [0.25, 0.3) is 0 Å². The first-order chi connectivity index (χ1) is 8.66. The van der Waals surface area contributed by atoms with Gasteiger partial charge in [-0.1, -0.05) is 18.2 Å². The van der Waals surface area contributed by atoms with Crippen molar-refractivity contribution in [2.45, 2.75) is 25.8 Å². The van der Waals surface area contributed by atoms with Gasteiger partial charge in [-0.05, 0) is 26.0 Å². The molecule has 0 N–H and O–H groups in total. The van der Waals surface area contributed by atoms with Crippen LogP contribution in [-0.2, 0) is 6.61 Å². The van der Waals surface area contributed by atoms with Gasteiger partial charge in [0, 0.05) is 17.5 Å². The largest absolute Gasteiger partial charge is 0.486 e. The van der Waals surface area contributed by atoms with E-state index in [2.05, 4.69) is 9.97 Å². The van der Waals surface area contributed by atoms with Gasteiger partial charge in [0.25, 0.3) is 0 Å². The fraction of sp³-hybridized carbons (Fsp3) is 0.286. The van der Waals surface area contributed by atoms with Crippen LogP contribution in [-0.4, -0.2) is 9.97 Å². The summed E-state index contributed by atoms with van der Waals surface area (Å²) in [6, 6.07) is 9.62. The number of rotatable bonds is 4. The fourth-order valence-electron chi connectivity index (χ4n) is 1.65. The minimum absolute atomic E-state index is 0.0749. The molecule has 3 nitrogen and oxygen atoms in total. The quantitative estimate of drug-likeness (QED) is 0.789. The topological polar surface area (TPSA) is 35.0 Å². The van der Waals surface area contributed by atoms with Gasteiger partial charge in [0.2, 0.25) is 0 Å². The molecule has 0 aliphatic heterocycles. The maximum absolute atomic E-state index is 6.02. The molecule has 0 aliphatic rings. The predicted octanol–water partition coefficient (Wildman–Crippen LogP) is 3.66. The van der Waals surface area contributed by atoms with E-state index in [-0.39, 0.29) is 5.38 Å². The molecule has 1 unspecified atom stereocenters. The molecule has 0 aliphatic carbocycles. The van der Waals surface area contributed by atoms with Crippen molar-refractivity contribution in [3.05, 3.63) is 53.6 Å². The average molecular weight is 263 g/mol. The maximum Gasteiger partial charge on any atom is 0.166 e. The smallest absolute Gasteiger partial charge is 0.166 e. The second-order valence-electron chi connectivity index (χ2n) is 4.04. The van der Waals surface area contributed by atoms with Crippen LogP contribution < -0.4 is 4.74 Å². The molecule has 0 bridgehead atoms. The summed E-state index contributed by atoms with van der Waals surface area (Å²) in [7, 11) is 0. The van der Waals surface area contributed by atoms with Crippen molar-refractivity contribution in [1.82, 2.24) is 9.97 Å². The maximum atomic E-state index is 6.02. The van der Waals surface area contributed by atoms with Gasteiger partial charge in [-0.25, -0.2) is 9.97 Å². The molecule has 94 valence electrons. The molecule has 1 atom stereocenters. The number of ether oxygens (including phenoxy) is 1. The van der Waals surface area contributed by atoms with Crippen LogP contribution >= 0.6 is 11.6 Å². The Bertz CT molecular complexity index is 514. The minimum atomic E-state index is -0.0749. The lowest BCUT2D eigenvalue weighted by molar-refractivity contribution is 0.295. The molecule has 0 radical (unpaired) electrons. The van der Waals surface area contributed by atoms with E-state index < -0.39 is 0 Å². The van der Waals surface area contributed by atoms with Gasteiger partial charge in [0.05, 0.1) is 5.38 Å². The Morgan fingerprint density at radius 1 is 1.28 bits per heavy atom. The summed E-state index contributed by atoms with van der Waals surface area (Å²) >= 11 is 6.02. The zero-order valence-electron chi connectivity index (χ0n) is 10.4. The Morgan fingerprint density at radius 3 is 2.61 bits per heavy atom. The SMILES string of the molecule is Cc1nc(COc2ccccc2)ncc1C(C)Cl. The van der Waals surface area contributed by atoms with E-state index in [0.29, 0.717) is 12.4 Å². The molecule has 1 aromatic carbocycles. The highest BCUT2D eigenvalue weighted by atomic mass is 35.5. The highest BCUT2D eigenvalue weighted by molar-refractivity contribution is 6.20. The van der Waals surface area contributed by atoms with E-state index >= 15 is 0 Å². The predicted molar refractivity (Wildman–Crippen MR) is 71.8 cm³/mol. The number of hydrogen-bond acceptors (Lipinski definition) is 3. The Balaban J connectivity index is 2.05. The summed E-state index contributed by atoms with van der Waals surface area (Å²) in [6.07, 6.45) is 1.77. The van der Waals surface area contributed by atoms with Crippen molar-refractivity contribution in [2.75, 3.05) is 0 Å². The number of nitrogens with zero attached hydrogens (tertiary/aromatic N) is 2. The number of hydrogen-bond donors (Lipinski definition) is 0. The number of alkyl halides is 1. The Hall–Kier alpha value is -1.61. The molecule has 1 heterocycles. The molecule has 0 saturated carbocycles. The van der Waals surface area contributed by atoms with Crippen LogP contribution in [0.15, 0.2) is 36.5 Å². The van der Waals surface area contributed by atoms with Crippen molar-refractivity contribution in [1.29, 1.82) is 0 Å². The number of benzene rings is 1. The standard InChI is InChI=1S/C14H15ClN2O/c1-10(15)13-8-16-14(17-11(13)2)9-18-12-6-4-3-5-7-12/h3-8,10H,9H2,1-2H3. The fourth-order valence-corrected chi connectivity index (χ4v) is 1.86. The molecule has 0 saturated heterocycles. The van der Waals surface area contributed by atoms with Gasteiger partial charge in [-0.15, -0.1) is 11.6 Å². The summed E-state index contributed by atoms with van der Waals surface area (Å²) in [5.74, 6) is 1.48. The van der Waals surface area contributed by atoms with Crippen molar-refractivity contribution >= 4 is 11.6 Å². The van der Waals surface area contributed by atoms with E-state index in [4.69, 9.17) is 16.3 Å². The molecule has 0 amide bonds. The van der Waals surface area contributed by atoms with Gasteiger partial charge in [0.1, 0.15) is 12.4 Å². The molecular weight excluding hydrogens is 248 g/mol. The summed E-state index contributed by atoms with van der Waals surface area (Å²) < 4.78 is 5.59. The number of para-hydroxylation sites is 1. The van der Waals surface area contributed by atoms with Gasteiger partial charge in [-0.2, -0.15) is 0 Å². The highest BCUT2D eigenvalue weighted by Gasteiger charge is 2.08. The van der Waals surface area contributed by atoms with Crippen LogP contribution in [0.4, 0.5) is 0 Å². The normalized spacial score (nSPS) is 12.2. The van der Waals surface area contributed by atoms with Crippen LogP contribution in [0.2, 0.25) is 0 Å². The third-order valence-electron chi connectivity index (χ3n) is 2.61. The first-order valence-corrected chi connectivity index (χ1v) is 6.25. The van der Waals surface area contributed by atoms with Crippen molar-refractivity contribution in [2.24, 2.45) is 0 Å². The van der Waals surface area contributed by atoms with Gasteiger partial charge in [-0.3, -0.25) is 0 Å². The molecule has 0 fully saturated rings. The molecule has 0 spiro atoms. The van der Waals surface area contributed by atoms with Crippen LogP contribution in [0, 0.1) is 6.92 Å². The third-order valence-corrected chi connectivity index (χ3v) is 2.84. The van der Waals surface area contributed by atoms with Crippen molar-refractivity contribution in [3.8, 4) is 5.75 Å². The van der Waals surface area contributed by atoms with E-state index in [0.717, 1.165) is 17.0 Å². The minimum Gasteiger partial charge on any atom is -0.486 e. The second kappa shape index (κ2) is 5.83. The Morgan fingerprint density at radius 2 is 2.00 bits per heavy atom. The summed E-state index contributed by atoms with van der Waals surface area (Å²) in [5, 5.41) is -0.0749. The molecule has 2 rings (SSSR count). The molecular formula is C14H15ClN2O. The van der Waals surface area contributed by atoms with Crippen LogP contribution in [0.3, 0.4) is 0 Å². The number of aryl methyl sites for hydroxylation is 1. The van der Waals surface area contributed by atoms with Crippen molar-refractivity contribution in [3.63, 3.8) is 0 Å². The van der Waals surface area contributed by atoms with E-state index in [1.54, 1.807) is 6.20 Å². The van der Waals surface area contributed by atoms with E-state index in [1.165, 1.54) is 0 Å². The first-order valence-electron chi connectivity index (χ1n) is 5.81. The van der Waals surface area contributed by atoms with Gasteiger partial charge >= 0.3 is 0 Å². The summed E-state index contributed by atoms with van der Waals surface area (Å²) in [6.45, 7) is 4.21. The zero-order valence-corrected chi connectivity index (χ0v) is 11.2. The highest BCUT2D eigenvalue weighted by Crippen LogP contribution is 2.21. The Kier molecular flexibility index (Phi) is 4.15. The first kappa shape index (κ1) is 12.8. The monoisotopic (exact) mass is 262 g/mol. The molecule has 4 heteroatoms. The molecule has 2 aromatic rings. The van der Waals surface area contributed by atoms with E-state index in [9.17, 15) is 0 Å². The lowest BCUT2D eigenvalue weighted by atomic mass is 10.2. The summed E-state index contributed by atoms with van der Waals surface area (Å²) in [4.78, 5) is 8.64. The molecule has 1 aromatic heterocycles. The number of halogens is 1. The third kappa shape index (κ3) is 3.20. The van der Waals surface area contributed by atoms with Crippen LogP contribution in [0.5, 0.6) is 5.75 Å². The second-order valence-corrected chi connectivity index (χ2v) is 4.70.